The molecule has 0 radical (unpaired) electrons. The lowest BCUT2D eigenvalue weighted by molar-refractivity contribution is 0.357. The maximum atomic E-state index is 5.54. The topological polar surface area (TPSA) is 47.3 Å². The van der Waals surface area contributed by atoms with Crippen molar-refractivity contribution >= 4 is 0 Å². The Labute approximate surface area is 103 Å². The summed E-state index contributed by atoms with van der Waals surface area (Å²) in [5.74, 6) is 6.61. The van der Waals surface area contributed by atoms with Crippen molar-refractivity contribution in [2.45, 2.75) is 45.1 Å². The lowest BCUT2D eigenvalue weighted by Crippen LogP contribution is -2.35. The standard InChI is InChI=1S/C14H22N2O/c1-2-3-13(16-15)6-4-11-5-7-14-12(10-11)8-9-17-14/h5,7,10,13,16H,2-4,6,8-9,15H2,1H3. The molecule has 0 spiro atoms. The van der Waals surface area contributed by atoms with Crippen LogP contribution in [0, 0.1) is 0 Å². The summed E-state index contributed by atoms with van der Waals surface area (Å²) in [6.07, 6.45) is 5.56. The molecule has 0 aliphatic carbocycles. The molecule has 3 N–H and O–H groups in total. The van der Waals surface area contributed by atoms with Gasteiger partial charge in [-0.05, 0) is 36.5 Å². The molecule has 94 valence electrons. The summed E-state index contributed by atoms with van der Waals surface area (Å²) < 4.78 is 5.51. The highest BCUT2D eigenvalue weighted by Crippen LogP contribution is 2.26. The number of hydrazine groups is 1. The van der Waals surface area contributed by atoms with Crippen LogP contribution in [0.2, 0.25) is 0 Å². The Morgan fingerprint density at radius 3 is 3.06 bits per heavy atom. The monoisotopic (exact) mass is 234 g/mol. The Morgan fingerprint density at radius 2 is 2.29 bits per heavy atom. The van der Waals surface area contributed by atoms with Crippen molar-refractivity contribution in [1.82, 2.24) is 5.43 Å². The maximum absolute atomic E-state index is 5.54. The zero-order valence-corrected chi connectivity index (χ0v) is 10.5. The van der Waals surface area contributed by atoms with E-state index in [4.69, 9.17) is 10.6 Å². The predicted molar refractivity (Wildman–Crippen MR) is 70.0 cm³/mol. The molecule has 1 atom stereocenters. The quantitative estimate of drug-likeness (QED) is 0.586. The molecular weight excluding hydrogens is 212 g/mol. The van der Waals surface area contributed by atoms with Gasteiger partial charge in [0.25, 0.3) is 0 Å². The van der Waals surface area contributed by atoms with Crippen molar-refractivity contribution < 1.29 is 4.74 Å². The molecule has 1 heterocycles. The van der Waals surface area contributed by atoms with Gasteiger partial charge in [-0.25, -0.2) is 0 Å². The fraction of sp³-hybridized carbons (Fsp3) is 0.571. The van der Waals surface area contributed by atoms with Gasteiger partial charge >= 0.3 is 0 Å². The highest BCUT2D eigenvalue weighted by Gasteiger charge is 2.12. The molecule has 0 bridgehead atoms. The summed E-state index contributed by atoms with van der Waals surface area (Å²) in [6, 6.07) is 6.98. The average Bonchev–Trinajstić information content (AvgIpc) is 2.81. The number of hydrogen-bond acceptors (Lipinski definition) is 3. The Kier molecular flexibility index (Phi) is 4.40. The molecule has 1 unspecified atom stereocenters. The zero-order chi connectivity index (χ0) is 12.1. The molecular formula is C14H22N2O. The van der Waals surface area contributed by atoms with Crippen LogP contribution in [0.5, 0.6) is 5.75 Å². The lowest BCUT2D eigenvalue weighted by atomic mass is 10.0. The molecule has 0 aromatic heterocycles. The maximum Gasteiger partial charge on any atom is 0.122 e. The summed E-state index contributed by atoms with van der Waals surface area (Å²) in [5.41, 5.74) is 5.65. The Morgan fingerprint density at radius 1 is 1.41 bits per heavy atom. The van der Waals surface area contributed by atoms with E-state index >= 15 is 0 Å². The number of fused-ring (bicyclic) bond motifs is 1. The molecule has 0 saturated carbocycles. The van der Waals surface area contributed by atoms with Gasteiger partial charge < -0.3 is 4.74 Å². The van der Waals surface area contributed by atoms with Crippen molar-refractivity contribution in [3.05, 3.63) is 29.3 Å². The van der Waals surface area contributed by atoms with Crippen molar-refractivity contribution in [2.75, 3.05) is 6.61 Å². The molecule has 1 aromatic carbocycles. The van der Waals surface area contributed by atoms with Crippen LogP contribution >= 0.6 is 0 Å². The smallest absolute Gasteiger partial charge is 0.122 e. The second-order valence-electron chi connectivity index (χ2n) is 4.73. The van der Waals surface area contributed by atoms with Gasteiger partial charge in [-0.15, -0.1) is 0 Å². The van der Waals surface area contributed by atoms with Gasteiger partial charge in [-0.1, -0.05) is 25.5 Å². The molecule has 17 heavy (non-hydrogen) atoms. The van der Waals surface area contributed by atoms with Crippen LogP contribution in [-0.2, 0) is 12.8 Å². The van der Waals surface area contributed by atoms with Gasteiger partial charge in [0.1, 0.15) is 5.75 Å². The van der Waals surface area contributed by atoms with Crippen LogP contribution in [-0.4, -0.2) is 12.6 Å². The number of nitrogens with two attached hydrogens (primary N) is 1. The summed E-state index contributed by atoms with van der Waals surface area (Å²) >= 11 is 0. The Bertz CT molecular complexity index is 365. The van der Waals surface area contributed by atoms with Crippen LogP contribution in [0.4, 0.5) is 0 Å². The van der Waals surface area contributed by atoms with Crippen LogP contribution in [0.1, 0.15) is 37.3 Å². The normalized spacial score (nSPS) is 15.4. The second kappa shape index (κ2) is 6.03. The van der Waals surface area contributed by atoms with Crippen LogP contribution in [0.3, 0.4) is 0 Å². The molecule has 1 aliphatic rings. The molecule has 0 saturated heterocycles. The highest BCUT2D eigenvalue weighted by molar-refractivity contribution is 5.39. The highest BCUT2D eigenvalue weighted by atomic mass is 16.5. The predicted octanol–water partition coefficient (Wildman–Crippen LogP) is 2.19. The number of ether oxygens (including phenoxy) is 1. The summed E-state index contributed by atoms with van der Waals surface area (Å²) in [6.45, 7) is 3.03. The van der Waals surface area contributed by atoms with Crippen molar-refractivity contribution in [2.24, 2.45) is 5.84 Å². The van der Waals surface area contributed by atoms with Crippen molar-refractivity contribution in [1.29, 1.82) is 0 Å². The van der Waals surface area contributed by atoms with Crippen LogP contribution in [0.15, 0.2) is 18.2 Å². The van der Waals surface area contributed by atoms with E-state index in [1.807, 2.05) is 0 Å². The number of benzene rings is 1. The van der Waals surface area contributed by atoms with E-state index in [1.165, 1.54) is 17.5 Å². The number of nitrogens with one attached hydrogen (secondary N) is 1. The SMILES string of the molecule is CCCC(CCc1ccc2c(c1)CCO2)NN. The molecule has 1 aliphatic heterocycles. The van der Waals surface area contributed by atoms with Gasteiger partial charge in [0.2, 0.25) is 0 Å². The number of aryl methyl sites for hydroxylation is 1. The van der Waals surface area contributed by atoms with Gasteiger partial charge in [0.15, 0.2) is 0 Å². The molecule has 2 rings (SSSR count). The number of rotatable bonds is 6. The van der Waals surface area contributed by atoms with Crippen molar-refractivity contribution in [3.8, 4) is 5.75 Å². The Hall–Kier alpha value is -1.06. The molecule has 0 amide bonds. The molecule has 1 aromatic rings. The lowest BCUT2D eigenvalue weighted by Gasteiger charge is -2.14. The van der Waals surface area contributed by atoms with Gasteiger partial charge in [0, 0.05) is 12.5 Å². The number of hydrogen-bond donors (Lipinski definition) is 2. The van der Waals surface area contributed by atoms with E-state index in [9.17, 15) is 0 Å². The Balaban J connectivity index is 1.90. The molecule has 0 fully saturated rings. The van der Waals surface area contributed by atoms with Gasteiger partial charge in [-0.2, -0.15) is 0 Å². The largest absolute Gasteiger partial charge is 0.493 e. The fourth-order valence-electron chi connectivity index (χ4n) is 2.40. The van der Waals surface area contributed by atoms with Gasteiger partial charge in [-0.3, -0.25) is 11.3 Å². The third-order valence-corrected chi connectivity index (χ3v) is 3.41. The summed E-state index contributed by atoms with van der Waals surface area (Å²) in [5, 5.41) is 0. The van der Waals surface area contributed by atoms with E-state index in [0.29, 0.717) is 6.04 Å². The first kappa shape index (κ1) is 12.4. The first-order chi connectivity index (χ1) is 8.33. The fourth-order valence-corrected chi connectivity index (χ4v) is 2.40. The minimum Gasteiger partial charge on any atom is -0.493 e. The summed E-state index contributed by atoms with van der Waals surface area (Å²) in [7, 11) is 0. The first-order valence-electron chi connectivity index (χ1n) is 6.54. The molecule has 3 nitrogen and oxygen atoms in total. The van der Waals surface area contributed by atoms with Crippen molar-refractivity contribution in [3.63, 3.8) is 0 Å². The van der Waals surface area contributed by atoms with E-state index in [2.05, 4.69) is 30.5 Å². The third-order valence-electron chi connectivity index (χ3n) is 3.41. The van der Waals surface area contributed by atoms with Crippen LogP contribution in [0.25, 0.3) is 0 Å². The minimum atomic E-state index is 0.435. The summed E-state index contributed by atoms with van der Waals surface area (Å²) in [4.78, 5) is 0. The molecule has 3 heteroatoms. The van der Waals surface area contributed by atoms with E-state index in [0.717, 1.165) is 38.0 Å². The third kappa shape index (κ3) is 3.20. The average molecular weight is 234 g/mol. The first-order valence-corrected chi connectivity index (χ1v) is 6.54. The van der Waals surface area contributed by atoms with Crippen LogP contribution < -0.4 is 16.0 Å². The van der Waals surface area contributed by atoms with E-state index in [-0.39, 0.29) is 0 Å². The zero-order valence-electron chi connectivity index (χ0n) is 10.5. The second-order valence-corrected chi connectivity index (χ2v) is 4.73. The minimum absolute atomic E-state index is 0.435. The van der Waals surface area contributed by atoms with E-state index < -0.39 is 0 Å². The van der Waals surface area contributed by atoms with E-state index in [1.54, 1.807) is 0 Å². The van der Waals surface area contributed by atoms with Gasteiger partial charge in [0.05, 0.1) is 6.61 Å².